The maximum absolute atomic E-state index is 12.8. The number of carbonyl (C=O) groups is 1. The molecule has 3 nitrogen and oxygen atoms in total. The lowest BCUT2D eigenvalue weighted by Gasteiger charge is -2.29. The lowest BCUT2D eigenvalue weighted by molar-refractivity contribution is -0.131. The van der Waals surface area contributed by atoms with E-state index in [1.165, 1.54) is 12.1 Å². The van der Waals surface area contributed by atoms with Gasteiger partial charge in [0.25, 0.3) is 0 Å². The Balaban J connectivity index is 1.92. The van der Waals surface area contributed by atoms with Crippen molar-refractivity contribution in [1.82, 2.24) is 5.32 Å². The Morgan fingerprint density at radius 1 is 1.50 bits per heavy atom. The van der Waals surface area contributed by atoms with E-state index in [1.54, 1.807) is 12.1 Å². The number of carbonyl (C=O) groups excluding carboxylic acids is 1. The van der Waals surface area contributed by atoms with Crippen LogP contribution in [-0.4, -0.2) is 18.0 Å². The molecule has 1 amide bonds. The Kier molecular flexibility index (Phi) is 4.43. The highest BCUT2D eigenvalue weighted by molar-refractivity contribution is 5.83. The lowest BCUT2D eigenvalue weighted by Crippen LogP contribution is -2.50. The number of rotatable bonds is 4. The standard InChI is InChI=1S/C16H23FN2O/c1-11(10-12-5-7-13(17)8-6-12)19-15(20)16(2)9-3-4-14(16)18/h5-8,11,14H,3-4,9-10,18H2,1-2H3,(H,19,20). The molecule has 3 N–H and O–H groups in total. The van der Waals surface area contributed by atoms with Crippen LogP contribution in [-0.2, 0) is 11.2 Å². The lowest BCUT2D eigenvalue weighted by atomic mass is 9.84. The van der Waals surface area contributed by atoms with E-state index in [9.17, 15) is 9.18 Å². The first-order valence-corrected chi connectivity index (χ1v) is 7.23. The smallest absolute Gasteiger partial charge is 0.227 e. The molecule has 0 aliphatic heterocycles. The third-order valence-electron chi connectivity index (χ3n) is 4.38. The summed E-state index contributed by atoms with van der Waals surface area (Å²) in [4.78, 5) is 12.4. The molecule has 0 heterocycles. The van der Waals surface area contributed by atoms with E-state index in [1.807, 2.05) is 13.8 Å². The minimum atomic E-state index is -0.447. The second-order valence-electron chi connectivity index (χ2n) is 6.12. The molecule has 1 aromatic rings. The highest BCUT2D eigenvalue weighted by atomic mass is 19.1. The second-order valence-corrected chi connectivity index (χ2v) is 6.12. The van der Waals surface area contributed by atoms with Gasteiger partial charge in [0.2, 0.25) is 5.91 Å². The van der Waals surface area contributed by atoms with Gasteiger partial charge >= 0.3 is 0 Å². The van der Waals surface area contributed by atoms with Crippen LogP contribution in [0.15, 0.2) is 24.3 Å². The van der Waals surface area contributed by atoms with Crippen molar-refractivity contribution in [2.75, 3.05) is 0 Å². The topological polar surface area (TPSA) is 55.1 Å². The summed E-state index contributed by atoms with van der Waals surface area (Å²) >= 11 is 0. The number of halogens is 1. The average molecular weight is 278 g/mol. The third-order valence-corrected chi connectivity index (χ3v) is 4.38. The van der Waals surface area contributed by atoms with E-state index in [4.69, 9.17) is 5.73 Å². The van der Waals surface area contributed by atoms with Crippen LogP contribution in [0.5, 0.6) is 0 Å². The predicted molar refractivity (Wildman–Crippen MR) is 77.6 cm³/mol. The monoisotopic (exact) mass is 278 g/mol. The minimum Gasteiger partial charge on any atom is -0.353 e. The van der Waals surface area contributed by atoms with Gasteiger partial charge < -0.3 is 11.1 Å². The Labute approximate surface area is 119 Å². The molecule has 3 atom stereocenters. The summed E-state index contributed by atoms with van der Waals surface area (Å²) in [7, 11) is 0. The van der Waals surface area contributed by atoms with E-state index in [-0.39, 0.29) is 23.8 Å². The Hall–Kier alpha value is -1.42. The highest BCUT2D eigenvalue weighted by Gasteiger charge is 2.43. The van der Waals surface area contributed by atoms with Crippen LogP contribution < -0.4 is 11.1 Å². The molecular formula is C16H23FN2O. The molecule has 1 aliphatic carbocycles. The summed E-state index contributed by atoms with van der Waals surface area (Å²) in [6.07, 6.45) is 3.47. The van der Waals surface area contributed by atoms with Gasteiger partial charge in [-0.3, -0.25) is 4.79 Å². The van der Waals surface area contributed by atoms with E-state index >= 15 is 0 Å². The van der Waals surface area contributed by atoms with Crippen molar-refractivity contribution in [1.29, 1.82) is 0 Å². The Morgan fingerprint density at radius 2 is 2.15 bits per heavy atom. The van der Waals surface area contributed by atoms with Crippen LogP contribution in [0.4, 0.5) is 4.39 Å². The van der Waals surface area contributed by atoms with Gasteiger partial charge in [-0.25, -0.2) is 4.39 Å². The van der Waals surface area contributed by atoms with Gasteiger partial charge in [-0.2, -0.15) is 0 Å². The molecular weight excluding hydrogens is 255 g/mol. The van der Waals surface area contributed by atoms with Crippen LogP contribution in [0.25, 0.3) is 0 Å². The molecule has 1 aromatic carbocycles. The Morgan fingerprint density at radius 3 is 2.70 bits per heavy atom. The fourth-order valence-electron chi connectivity index (χ4n) is 2.89. The van der Waals surface area contributed by atoms with E-state index in [0.717, 1.165) is 24.8 Å². The molecule has 4 heteroatoms. The van der Waals surface area contributed by atoms with Crippen LogP contribution >= 0.6 is 0 Å². The number of hydrogen-bond acceptors (Lipinski definition) is 2. The van der Waals surface area contributed by atoms with Crippen LogP contribution in [0, 0.1) is 11.2 Å². The molecule has 3 unspecified atom stereocenters. The summed E-state index contributed by atoms with van der Waals surface area (Å²) < 4.78 is 12.8. The van der Waals surface area contributed by atoms with Gasteiger partial charge in [0.05, 0.1) is 5.41 Å². The van der Waals surface area contributed by atoms with Crippen molar-refractivity contribution in [2.45, 2.75) is 51.6 Å². The van der Waals surface area contributed by atoms with E-state index in [2.05, 4.69) is 5.32 Å². The first kappa shape index (κ1) is 15.0. The summed E-state index contributed by atoms with van der Waals surface area (Å²) in [5, 5.41) is 3.04. The number of hydrogen-bond donors (Lipinski definition) is 2. The largest absolute Gasteiger partial charge is 0.353 e. The number of benzene rings is 1. The van der Waals surface area contributed by atoms with Gasteiger partial charge in [0, 0.05) is 12.1 Å². The van der Waals surface area contributed by atoms with Crippen LogP contribution in [0.1, 0.15) is 38.7 Å². The van der Waals surface area contributed by atoms with Crippen molar-refractivity contribution < 1.29 is 9.18 Å². The molecule has 20 heavy (non-hydrogen) atoms. The molecule has 0 bridgehead atoms. The molecule has 0 radical (unpaired) electrons. The van der Waals surface area contributed by atoms with Gasteiger partial charge in [-0.05, 0) is 50.8 Å². The summed E-state index contributed by atoms with van der Waals surface area (Å²) in [5.74, 6) is -0.202. The quantitative estimate of drug-likeness (QED) is 0.888. The minimum absolute atomic E-state index is 0.0117. The van der Waals surface area contributed by atoms with Crippen molar-refractivity contribution in [3.8, 4) is 0 Å². The van der Waals surface area contributed by atoms with Crippen molar-refractivity contribution >= 4 is 5.91 Å². The molecule has 1 saturated carbocycles. The fourth-order valence-corrected chi connectivity index (χ4v) is 2.89. The Bertz CT molecular complexity index is 474. The molecule has 110 valence electrons. The maximum Gasteiger partial charge on any atom is 0.227 e. The first-order valence-electron chi connectivity index (χ1n) is 7.23. The van der Waals surface area contributed by atoms with Crippen molar-refractivity contribution in [2.24, 2.45) is 11.1 Å². The van der Waals surface area contributed by atoms with Crippen LogP contribution in [0.3, 0.4) is 0 Å². The third kappa shape index (κ3) is 3.18. The van der Waals surface area contributed by atoms with Crippen molar-refractivity contribution in [3.63, 3.8) is 0 Å². The highest BCUT2D eigenvalue weighted by Crippen LogP contribution is 2.36. The fraction of sp³-hybridized carbons (Fsp3) is 0.562. The zero-order valence-corrected chi connectivity index (χ0v) is 12.2. The first-order chi connectivity index (χ1) is 9.41. The van der Waals surface area contributed by atoms with Gasteiger partial charge in [0.1, 0.15) is 5.82 Å². The van der Waals surface area contributed by atoms with Crippen LogP contribution in [0.2, 0.25) is 0 Å². The second kappa shape index (κ2) is 5.92. The molecule has 0 spiro atoms. The average Bonchev–Trinajstić information content (AvgIpc) is 2.74. The molecule has 0 saturated heterocycles. The molecule has 2 rings (SSSR count). The van der Waals surface area contributed by atoms with Gasteiger partial charge in [-0.15, -0.1) is 0 Å². The predicted octanol–water partition coefficient (Wildman–Crippen LogP) is 2.39. The normalized spacial score (nSPS) is 27.3. The maximum atomic E-state index is 12.8. The zero-order chi connectivity index (χ0) is 14.8. The van der Waals surface area contributed by atoms with Gasteiger partial charge in [-0.1, -0.05) is 18.6 Å². The molecule has 1 fully saturated rings. The number of nitrogens with one attached hydrogen (secondary N) is 1. The van der Waals surface area contributed by atoms with Crippen molar-refractivity contribution in [3.05, 3.63) is 35.6 Å². The summed E-state index contributed by atoms with van der Waals surface area (Å²) in [6.45, 7) is 3.91. The number of amides is 1. The molecule has 0 aromatic heterocycles. The summed E-state index contributed by atoms with van der Waals surface area (Å²) in [5.41, 5.74) is 6.62. The van der Waals surface area contributed by atoms with E-state index < -0.39 is 5.41 Å². The SMILES string of the molecule is CC(Cc1ccc(F)cc1)NC(=O)C1(C)CCCC1N. The van der Waals surface area contributed by atoms with Gasteiger partial charge in [0.15, 0.2) is 0 Å². The van der Waals surface area contributed by atoms with E-state index in [0.29, 0.717) is 6.42 Å². The summed E-state index contributed by atoms with van der Waals surface area (Å²) in [6, 6.07) is 6.34. The molecule has 1 aliphatic rings. The zero-order valence-electron chi connectivity index (χ0n) is 12.2. The number of nitrogens with two attached hydrogens (primary N) is 1.